The van der Waals surface area contributed by atoms with Crippen molar-refractivity contribution in [2.75, 3.05) is 65.6 Å². The molecule has 0 spiro atoms. The molecule has 11 aromatic rings. The number of nitrogens with one attached hydrogen (secondary N) is 10. The molecule has 0 bridgehead atoms. The monoisotopic (exact) mass is 1770 g/mol. The predicted molar refractivity (Wildman–Crippen MR) is 478 cm³/mol. The number of carbonyl (C=O) groups is 16. The van der Waals surface area contributed by atoms with Gasteiger partial charge in [-0.1, -0.05) is 0 Å². The molecule has 11 rings (SSSR count). The van der Waals surface area contributed by atoms with Crippen LogP contribution in [0, 0.1) is 0 Å². The number of rotatable bonds is 47. The van der Waals surface area contributed by atoms with Gasteiger partial charge in [0.1, 0.15) is 40.1 Å². The van der Waals surface area contributed by atoms with Crippen LogP contribution < -0.4 is 47.4 Å². The molecule has 129 heavy (non-hydrogen) atoms. The van der Waals surface area contributed by atoms with Crippen LogP contribution in [0.1, 0.15) is 227 Å². The Morgan fingerprint density at radius 2 is 0.667 bits per heavy atom. The average Bonchev–Trinajstić information content (AvgIpc) is 1.68. The molecule has 0 saturated heterocycles. The lowest BCUT2D eigenvalue weighted by atomic mass is 10.0. The highest BCUT2D eigenvalue weighted by Crippen LogP contribution is 2.26. The van der Waals surface area contributed by atoms with Gasteiger partial charge in [0, 0.05) is 236 Å². The van der Waals surface area contributed by atoms with E-state index in [9.17, 15) is 76.7 Å². The number of carbonyl (C=O) groups excluding carboxylic acids is 16. The maximum absolute atomic E-state index is 13.8. The zero-order valence-electron chi connectivity index (χ0n) is 74.6. The third-order valence-electron chi connectivity index (χ3n) is 21.7. The van der Waals surface area contributed by atoms with E-state index in [-0.39, 0.29) is 193 Å². The fourth-order valence-electron chi connectivity index (χ4n) is 15.3. The van der Waals surface area contributed by atoms with E-state index in [1.165, 1.54) is 96.1 Å². The van der Waals surface area contributed by atoms with Gasteiger partial charge in [-0.25, -0.2) is 9.97 Å². The number of H-pyrrole nitrogens is 1. The molecule has 0 aliphatic heterocycles. The van der Waals surface area contributed by atoms with E-state index >= 15 is 0 Å². The predicted octanol–water partition coefficient (Wildman–Crippen LogP) is 6.92. The number of aromatic nitrogens is 13. The maximum Gasteiger partial charge on any atom is 0.291 e. The molecular weight excluding hydrogens is 1660 g/mol. The lowest BCUT2D eigenvalue weighted by Crippen LogP contribution is -3.05. The SMILES string of the molecule is CC(=O)Nc1cn(C)c(C(=O)Nc2cc(C(=O)Nc3cc(C(=O)NCCC(=O)Nc4cn(C)c(C(=O)Nc5cc(C(=O)Nc6c[nH]c(C(=O)NCCCC(=O)Cc7cc(C(=O)Cc8cc(C(=O)Cc9cc(C(=O)CCCC(=O)Cc%10cc(C(=O)Cc%11cc(C(=O)CCCC(=O)CCCC[NH+](C)C)n(C)c%11)n(C)c%10)n(C)c9)n(C)c8)n(C)c7)c6)n(C)c5)n4)n(C)c3)n(C)c2)n1. The molecule has 678 valence electrons. The number of aryl methyl sites for hydroxylation is 10. The Morgan fingerprint density at radius 3 is 1.09 bits per heavy atom. The quantitative estimate of drug-likeness (QED) is 0.0137. The highest BCUT2D eigenvalue weighted by Gasteiger charge is 2.27. The lowest BCUT2D eigenvalue weighted by Gasteiger charge is -2.06. The first-order chi connectivity index (χ1) is 61.3. The molecule has 0 aromatic carbocycles. The van der Waals surface area contributed by atoms with Gasteiger partial charge in [-0.15, -0.1) is 0 Å². The molecule has 0 atom stereocenters. The molecule has 38 nitrogen and oxygen atoms in total. The second kappa shape index (κ2) is 42.3. The molecule has 8 amide bonds. The fourth-order valence-corrected chi connectivity index (χ4v) is 15.3. The first-order valence-electron chi connectivity index (χ1n) is 42.2. The maximum atomic E-state index is 13.8. The Labute approximate surface area is 742 Å². The van der Waals surface area contributed by atoms with E-state index < -0.39 is 41.4 Å². The summed E-state index contributed by atoms with van der Waals surface area (Å²) in [5.41, 5.74) is 6.94. The summed E-state index contributed by atoms with van der Waals surface area (Å²) in [6.45, 7) is 2.38. The summed E-state index contributed by atoms with van der Waals surface area (Å²) in [5, 5.41) is 21.4. The summed E-state index contributed by atoms with van der Waals surface area (Å²) in [4.78, 5) is 223. The summed E-state index contributed by atoms with van der Waals surface area (Å²) in [7, 11) is 20.7. The van der Waals surface area contributed by atoms with Crippen molar-refractivity contribution in [3.63, 3.8) is 0 Å². The lowest BCUT2D eigenvalue weighted by molar-refractivity contribution is -0.858. The minimum absolute atomic E-state index is 0.0166. The molecule has 38 heteroatoms. The number of Topliss-reactive ketones (excluding diaryl/α,β-unsaturated/α-hetero) is 8. The number of hydrogen-bond acceptors (Lipinski definition) is 18. The van der Waals surface area contributed by atoms with Crippen molar-refractivity contribution in [3.8, 4) is 0 Å². The number of hydrogen-bond donors (Lipinski definition) is 10. The first kappa shape index (κ1) is 94.7. The second-order valence-corrected chi connectivity index (χ2v) is 33.0. The van der Waals surface area contributed by atoms with Crippen molar-refractivity contribution in [2.24, 2.45) is 70.5 Å². The Bertz CT molecular complexity index is 6170. The van der Waals surface area contributed by atoms with Crippen LogP contribution in [0.5, 0.6) is 0 Å². The summed E-state index contributed by atoms with van der Waals surface area (Å²) in [6, 6.07) is 14.2. The van der Waals surface area contributed by atoms with Gasteiger partial charge in [0.05, 0.1) is 71.9 Å². The number of nitrogens with zero attached hydrogens (tertiary/aromatic N) is 12. The minimum atomic E-state index is -0.667. The number of unbranched alkanes of at least 4 members (excludes halogenated alkanes) is 1. The van der Waals surface area contributed by atoms with E-state index in [1.807, 2.05) is 0 Å². The van der Waals surface area contributed by atoms with Gasteiger partial charge in [0.15, 0.2) is 40.6 Å². The summed E-state index contributed by atoms with van der Waals surface area (Å²) in [5.74, 6) is -5.03. The van der Waals surface area contributed by atoms with Crippen LogP contribution in [-0.2, 0) is 127 Å². The van der Waals surface area contributed by atoms with Gasteiger partial charge in [0.2, 0.25) is 23.5 Å². The summed E-state index contributed by atoms with van der Waals surface area (Å²) < 4.78 is 15.7. The molecule has 0 fully saturated rings. The van der Waals surface area contributed by atoms with Gasteiger partial charge in [-0.3, -0.25) is 76.7 Å². The van der Waals surface area contributed by atoms with Crippen LogP contribution in [0.3, 0.4) is 0 Å². The van der Waals surface area contributed by atoms with Gasteiger partial charge in [-0.2, -0.15) is 0 Å². The molecule has 0 saturated carbocycles. The van der Waals surface area contributed by atoms with E-state index in [1.54, 1.807) is 155 Å². The van der Waals surface area contributed by atoms with Crippen molar-refractivity contribution in [3.05, 3.63) is 213 Å². The second-order valence-electron chi connectivity index (χ2n) is 33.0. The van der Waals surface area contributed by atoms with Crippen LogP contribution in [0.25, 0.3) is 0 Å². The number of amides is 8. The van der Waals surface area contributed by atoms with E-state index in [2.05, 4.69) is 71.6 Å². The number of anilines is 6. The van der Waals surface area contributed by atoms with Crippen LogP contribution in [0.4, 0.5) is 34.4 Å². The Hall–Kier alpha value is -15.0. The van der Waals surface area contributed by atoms with Gasteiger partial charge in [0.25, 0.3) is 35.4 Å². The number of quaternary nitrogens is 1. The highest BCUT2D eigenvalue weighted by atomic mass is 16.2. The van der Waals surface area contributed by atoms with Crippen LogP contribution in [0.15, 0.2) is 123 Å². The fraction of sp³-hybridized carbons (Fsp3) is 0.363. The average molecular weight is 1770 g/mol. The normalized spacial score (nSPS) is 11.2. The van der Waals surface area contributed by atoms with Crippen molar-refractivity contribution in [1.29, 1.82) is 0 Å². The molecule has 10 N–H and O–H groups in total. The summed E-state index contributed by atoms with van der Waals surface area (Å²) >= 11 is 0. The van der Waals surface area contributed by atoms with Gasteiger partial charge < -0.3 is 98.1 Å². The molecule has 0 unspecified atom stereocenters. The topological polar surface area (TPSA) is 465 Å². The van der Waals surface area contributed by atoms with E-state index in [0.29, 0.717) is 94.1 Å². The van der Waals surface area contributed by atoms with Crippen LogP contribution in [-0.4, -0.2) is 188 Å². The smallest absolute Gasteiger partial charge is 0.291 e. The first-order valence-corrected chi connectivity index (χ1v) is 42.2. The highest BCUT2D eigenvalue weighted by molar-refractivity contribution is 6.09. The zero-order valence-corrected chi connectivity index (χ0v) is 74.6. The third-order valence-corrected chi connectivity index (χ3v) is 21.7. The number of ketones is 8. The molecule has 0 aliphatic carbocycles. The molecular formula is C91H109N22O16+. The molecule has 11 heterocycles. The minimum Gasteiger partial charge on any atom is -0.355 e. The van der Waals surface area contributed by atoms with Gasteiger partial charge in [-0.05, 0) is 115 Å². The zero-order chi connectivity index (χ0) is 93.4. The third kappa shape index (κ3) is 25.4. The van der Waals surface area contributed by atoms with Crippen LogP contribution in [0.2, 0.25) is 0 Å². The van der Waals surface area contributed by atoms with Gasteiger partial charge >= 0.3 is 0 Å². The van der Waals surface area contributed by atoms with Crippen molar-refractivity contribution in [2.45, 2.75) is 116 Å². The van der Waals surface area contributed by atoms with Crippen molar-refractivity contribution >= 4 is 128 Å². The Kier molecular flexibility index (Phi) is 31.1. The molecule has 11 aromatic heterocycles. The number of imidazole rings is 2. The van der Waals surface area contributed by atoms with Crippen molar-refractivity contribution in [1.82, 2.24) is 71.3 Å². The molecule has 0 aliphatic rings. The Balaban J connectivity index is 0.548. The number of aromatic amines is 1. The van der Waals surface area contributed by atoms with E-state index in [4.69, 9.17) is 0 Å². The largest absolute Gasteiger partial charge is 0.355 e. The Morgan fingerprint density at radius 1 is 0.310 bits per heavy atom. The van der Waals surface area contributed by atoms with E-state index in [0.717, 1.165) is 19.4 Å². The standard InChI is InChI=1S/C91H108N22O16/c1-54(114)95-81-52-112(12)84(101-81)90(128)98-63-42-75(111(11)51-63)89(127)97-61-40-73(109(9)49-61)87(125)93-27-25-83(123)100-82-53-113(13)85(102-82)91(129)99-62-41-74(110(10)50-62)88(126)96-60-39-67(94-43-60)86(124)92-26-18-22-66(117)30-56-32-71(107(7)45-56)79(121)38-59-35-72(108(8)48-59)80(122)37-58-34-69(105(5)47-58)77(119)24-17-21-65(116)29-55-31-70(106(6)44-55)78(120)36-57-33-68(104(4)46-57)76(118)23-16-20-64(115)19-14-15-28-103(2)3/h31-35,39-53,94H,14-30,36-38H2,1-13H3,(H,92,124)(H,93,125)(H,95,114)(H,96,126)(H,97,127)(H,98,128)(H,99,129)(H,100,123)/p+1. The molecule has 0 radical (unpaired) electrons. The van der Waals surface area contributed by atoms with Crippen molar-refractivity contribution < 1.29 is 81.6 Å². The van der Waals surface area contributed by atoms with Crippen LogP contribution >= 0.6 is 0 Å². The summed E-state index contributed by atoms with van der Waals surface area (Å²) in [6.07, 6.45) is 21.9.